The van der Waals surface area contributed by atoms with E-state index in [1.165, 1.54) is 25.5 Å². The monoisotopic (exact) mass is 605 g/mol. The number of anilines is 1. The summed E-state index contributed by atoms with van der Waals surface area (Å²) in [7, 11) is 0. The second-order valence-corrected chi connectivity index (χ2v) is 10.9. The minimum atomic E-state index is -1.13. The Morgan fingerprint density at radius 3 is 2.49 bits per heavy atom. The van der Waals surface area contributed by atoms with Crippen LogP contribution in [0.3, 0.4) is 0 Å². The van der Waals surface area contributed by atoms with Crippen molar-refractivity contribution in [2.75, 3.05) is 24.6 Å². The minimum absolute atomic E-state index is 0.0373. The number of halogens is 2. The second-order valence-electron chi connectivity index (χ2n) is 10.1. The lowest BCUT2D eigenvalue weighted by Crippen LogP contribution is -2.59. The molecule has 15 heteroatoms. The summed E-state index contributed by atoms with van der Waals surface area (Å²) in [5, 5.41) is 5.66. The fourth-order valence-corrected chi connectivity index (χ4v) is 5.96. The predicted molar refractivity (Wildman–Crippen MR) is 142 cm³/mol. The molecule has 3 aliphatic heterocycles. The molecule has 2 fully saturated rings. The van der Waals surface area contributed by atoms with E-state index in [2.05, 4.69) is 15.1 Å². The van der Waals surface area contributed by atoms with Crippen molar-refractivity contribution in [1.82, 2.24) is 19.7 Å². The van der Waals surface area contributed by atoms with Gasteiger partial charge in [0.15, 0.2) is 24.1 Å². The molecule has 5 heterocycles. The molecule has 1 spiro atoms. The van der Waals surface area contributed by atoms with Crippen LogP contribution in [-0.4, -0.2) is 75.7 Å². The van der Waals surface area contributed by atoms with Crippen LogP contribution in [0.15, 0.2) is 24.4 Å². The van der Waals surface area contributed by atoms with Gasteiger partial charge in [-0.05, 0) is 34.9 Å². The molecular weight excluding hydrogens is 581 g/mol. The summed E-state index contributed by atoms with van der Waals surface area (Å²) < 4.78 is 29.8. The maximum absolute atomic E-state index is 12.0. The van der Waals surface area contributed by atoms with E-state index < -0.39 is 48.0 Å². The highest BCUT2D eigenvalue weighted by atomic mass is 35.5. The van der Waals surface area contributed by atoms with Crippen molar-refractivity contribution in [3.63, 3.8) is 0 Å². The number of fused-ring (bicyclic) bond motifs is 3. The van der Waals surface area contributed by atoms with Crippen LogP contribution in [-0.2, 0) is 50.3 Å². The van der Waals surface area contributed by atoms with E-state index >= 15 is 0 Å². The molecule has 6 rings (SSSR count). The first-order chi connectivity index (χ1) is 19.5. The summed E-state index contributed by atoms with van der Waals surface area (Å²) in [6.45, 7) is 4.93. The van der Waals surface area contributed by atoms with E-state index in [1.807, 2.05) is 23.1 Å². The number of carbonyl (C=O) groups excluding carboxylic acids is 3. The molecular formula is C26H25Cl2N5O8. The van der Waals surface area contributed by atoms with Crippen molar-refractivity contribution in [2.24, 2.45) is 0 Å². The first kappa shape index (κ1) is 27.6. The predicted octanol–water partition coefficient (Wildman–Crippen LogP) is 2.70. The molecule has 0 saturated carbocycles. The maximum Gasteiger partial charge on any atom is 0.303 e. The molecule has 2 saturated heterocycles. The molecule has 2 aromatic heterocycles. The molecule has 13 nitrogen and oxygen atoms in total. The zero-order valence-corrected chi connectivity index (χ0v) is 23.7. The highest BCUT2D eigenvalue weighted by Crippen LogP contribution is 2.46. The summed E-state index contributed by atoms with van der Waals surface area (Å²) in [6, 6.07) is 5.75. The first-order valence-corrected chi connectivity index (χ1v) is 13.5. The molecule has 0 unspecified atom stereocenters. The molecule has 1 aromatic carbocycles. The molecule has 0 aliphatic carbocycles. The van der Waals surface area contributed by atoms with E-state index in [4.69, 9.17) is 46.9 Å². The number of carbonyl (C=O) groups is 3. The van der Waals surface area contributed by atoms with Gasteiger partial charge >= 0.3 is 17.9 Å². The third kappa shape index (κ3) is 4.96. The fraction of sp³-hybridized carbons (Fsp3) is 0.462. The minimum Gasteiger partial charge on any atom is -0.463 e. The van der Waals surface area contributed by atoms with Gasteiger partial charge in [0.05, 0.1) is 31.3 Å². The van der Waals surface area contributed by atoms with Gasteiger partial charge < -0.3 is 28.6 Å². The molecule has 3 aliphatic rings. The third-order valence-corrected chi connectivity index (χ3v) is 7.65. The summed E-state index contributed by atoms with van der Waals surface area (Å²) in [4.78, 5) is 46.3. The highest BCUT2D eigenvalue weighted by molar-refractivity contribution is 6.30. The zero-order chi connectivity index (χ0) is 29.1. The molecule has 216 valence electrons. The Morgan fingerprint density at radius 1 is 1.05 bits per heavy atom. The van der Waals surface area contributed by atoms with Gasteiger partial charge in [0.25, 0.3) is 0 Å². The van der Waals surface area contributed by atoms with Gasteiger partial charge in [-0.25, -0.2) is 4.68 Å². The van der Waals surface area contributed by atoms with Crippen molar-refractivity contribution in [2.45, 2.75) is 57.5 Å². The largest absolute Gasteiger partial charge is 0.463 e. The van der Waals surface area contributed by atoms with Crippen LogP contribution in [0.1, 0.15) is 38.1 Å². The van der Waals surface area contributed by atoms with Crippen molar-refractivity contribution < 1.29 is 38.1 Å². The van der Waals surface area contributed by atoms with Gasteiger partial charge in [-0.2, -0.15) is 15.1 Å². The Kier molecular flexibility index (Phi) is 7.00. The molecule has 41 heavy (non-hydrogen) atoms. The first-order valence-electron chi connectivity index (χ1n) is 12.8. The number of benzene rings is 1. The highest BCUT2D eigenvalue weighted by Gasteiger charge is 2.53. The quantitative estimate of drug-likeness (QED) is 0.231. The molecule has 0 bridgehead atoms. The Hall–Kier alpha value is -3.52. The van der Waals surface area contributed by atoms with Gasteiger partial charge in [0.1, 0.15) is 24.1 Å². The van der Waals surface area contributed by atoms with Crippen LogP contribution in [0.2, 0.25) is 10.3 Å². The van der Waals surface area contributed by atoms with Gasteiger partial charge in [-0.1, -0.05) is 17.7 Å². The Balaban J connectivity index is 1.33. The molecule has 3 aromatic rings. The van der Waals surface area contributed by atoms with E-state index in [0.29, 0.717) is 41.6 Å². The van der Waals surface area contributed by atoms with Crippen molar-refractivity contribution >= 4 is 58.0 Å². The fourth-order valence-electron chi connectivity index (χ4n) is 5.60. The Bertz CT molecular complexity index is 1560. The average molecular weight is 606 g/mol. The lowest BCUT2D eigenvalue weighted by molar-refractivity contribution is -0.166. The number of esters is 3. The van der Waals surface area contributed by atoms with Crippen LogP contribution in [0.4, 0.5) is 5.82 Å². The number of hydrogen-bond donors (Lipinski definition) is 0. The van der Waals surface area contributed by atoms with Crippen molar-refractivity contribution in [1.29, 1.82) is 0 Å². The molecule has 0 radical (unpaired) electrons. The second kappa shape index (κ2) is 10.4. The van der Waals surface area contributed by atoms with Crippen LogP contribution in [0, 0.1) is 0 Å². The average Bonchev–Trinajstić information content (AvgIpc) is 3.55. The lowest BCUT2D eigenvalue weighted by atomic mass is 9.85. The van der Waals surface area contributed by atoms with Crippen LogP contribution >= 0.6 is 23.2 Å². The van der Waals surface area contributed by atoms with Crippen LogP contribution in [0.5, 0.6) is 0 Å². The number of rotatable bonds is 6. The van der Waals surface area contributed by atoms with Crippen LogP contribution in [0.25, 0.3) is 11.0 Å². The van der Waals surface area contributed by atoms with E-state index in [9.17, 15) is 14.4 Å². The van der Waals surface area contributed by atoms with E-state index in [1.54, 1.807) is 6.20 Å². The van der Waals surface area contributed by atoms with E-state index in [-0.39, 0.29) is 11.9 Å². The smallest absolute Gasteiger partial charge is 0.303 e. The summed E-state index contributed by atoms with van der Waals surface area (Å²) in [5.41, 5.74) is 1.95. The standard InChI is InChI=1S/C26H25Cl2N5O8/c1-12(34)37-9-19-20(39-13(2)35)21(40-14(3)36)24(41-19)33-23-17(7-29-33)22(30-25(28)31-23)32-10-26(11-32)18-5-4-16(27)6-15(18)8-38-26/h4-7,19-21,24H,8-11H2,1-3H3/t19-,20-,21-,24-/m1/s1. The van der Waals surface area contributed by atoms with Crippen molar-refractivity contribution in [3.8, 4) is 0 Å². The van der Waals surface area contributed by atoms with Crippen molar-refractivity contribution in [3.05, 3.63) is 45.8 Å². The number of nitrogens with zero attached hydrogens (tertiary/aromatic N) is 5. The maximum atomic E-state index is 12.0. The summed E-state index contributed by atoms with van der Waals surface area (Å²) in [6.07, 6.45) is -2.68. The Labute approximate surface area is 243 Å². The zero-order valence-electron chi connectivity index (χ0n) is 22.2. The Morgan fingerprint density at radius 2 is 1.78 bits per heavy atom. The van der Waals surface area contributed by atoms with Gasteiger partial charge in [-0.3, -0.25) is 14.4 Å². The van der Waals surface area contributed by atoms with E-state index in [0.717, 1.165) is 11.1 Å². The summed E-state index contributed by atoms with van der Waals surface area (Å²) >= 11 is 12.5. The molecule has 4 atom stereocenters. The SMILES string of the molecule is CC(=O)OC[C@H]1O[C@@H](n2ncc3c(N4CC5(C4)OCc4cc(Cl)ccc45)nc(Cl)nc32)[C@H](OC(C)=O)[C@@H]1OC(C)=O. The number of hydrogen-bond acceptors (Lipinski definition) is 12. The molecule has 0 N–H and O–H groups in total. The van der Waals surface area contributed by atoms with Gasteiger partial charge in [0, 0.05) is 25.8 Å². The molecule has 0 amide bonds. The normalized spacial score (nSPS) is 24.3. The van der Waals surface area contributed by atoms with Gasteiger partial charge in [0.2, 0.25) is 5.28 Å². The topological polar surface area (TPSA) is 144 Å². The number of ether oxygens (including phenoxy) is 5. The number of aromatic nitrogens is 4. The lowest BCUT2D eigenvalue weighted by Gasteiger charge is -2.48. The third-order valence-electron chi connectivity index (χ3n) is 7.24. The summed E-state index contributed by atoms with van der Waals surface area (Å²) in [5.74, 6) is -1.28. The van der Waals surface area contributed by atoms with Crippen LogP contribution < -0.4 is 4.90 Å². The van der Waals surface area contributed by atoms with Gasteiger partial charge in [-0.15, -0.1) is 0 Å².